The van der Waals surface area contributed by atoms with Crippen molar-refractivity contribution in [1.82, 2.24) is 15.5 Å². The molecule has 0 aromatic heterocycles. The second-order valence-corrected chi connectivity index (χ2v) is 8.27. The zero-order valence-electron chi connectivity index (χ0n) is 17.5. The fourth-order valence-corrected chi connectivity index (χ4v) is 4.23. The Kier molecular flexibility index (Phi) is 6.29. The summed E-state index contributed by atoms with van der Waals surface area (Å²) in [5.41, 5.74) is 2.57. The minimum atomic E-state index is -0.402. The molecule has 0 saturated heterocycles. The summed E-state index contributed by atoms with van der Waals surface area (Å²) in [5, 5.41) is 10.5. The Morgan fingerprint density at radius 2 is 1.77 bits per heavy atom. The van der Waals surface area contributed by atoms with Gasteiger partial charge in [-0.05, 0) is 56.0 Å². The second kappa shape index (κ2) is 9.10. The zero-order valence-corrected chi connectivity index (χ0v) is 17.5. The van der Waals surface area contributed by atoms with Crippen LogP contribution in [0, 0.1) is 11.6 Å². The molecule has 2 aromatic rings. The number of benzene rings is 2. The van der Waals surface area contributed by atoms with E-state index in [-0.39, 0.29) is 12.1 Å². The van der Waals surface area contributed by atoms with Crippen LogP contribution in [0.25, 0.3) is 0 Å². The van der Waals surface area contributed by atoms with Gasteiger partial charge in [0.2, 0.25) is 0 Å². The third kappa shape index (κ3) is 4.79. The van der Waals surface area contributed by atoms with Gasteiger partial charge in [0.25, 0.3) is 0 Å². The fraction of sp³-hybridized carbons (Fsp3) is 0.435. The Morgan fingerprint density at radius 1 is 1.03 bits per heavy atom. The molecule has 1 heterocycles. The molecule has 0 radical (unpaired) electrons. The van der Waals surface area contributed by atoms with Crippen LogP contribution in [0.5, 0.6) is 0 Å². The van der Waals surface area contributed by atoms with E-state index in [1.807, 2.05) is 31.1 Å². The summed E-state index contributed by atoms with van der Waals surface area (Å²) in [7, 11) is 4.02. The van der Waals surface area contributed by atoms with Crippen LogP contribution in [0.4, 0.5) is 14.5 Å². The normalized spacial score (nSPS) is 23.3. The molecule has 30 heavy (non-hydrogen) atoms. The van der Waals surface area contributed by atoms with Crippen LogP contribution < -0.4 is 16.0 Å². The van der Waals surface area contributed by atoms with Gasteiger partial charge in [0, 0.05) is 49.5 Å². The lowest BCUT2D eigenvalue weighted by molar-refractivity contribution is 0.293. The van der Waals surface area contributed by atoms with Gasteiger partial charge >= 0.3 is 0 Å². The lowest BCUT2D eigenvalue weighted by Crippen LogP contribution is -2.48. The highest BCUT2D eigenvalue weighted by Crippen LogP contribution is 2.25. The first-order chi connectivity index (χ1) is 14.5. The molecule has 1 atom stereocenters. The Balaban J connectivity index is 1.30. The van der Waals surface area contributed by atoms with Crippen molar-refractivity contribution in [1.29, 1.82) is 0 Å². The van der Waals surface area contributed by atoms with Gasteiger partial charge in [-0.25, -0.2) is 13.8 Å². The highest BCUT2D eigenvalue weighted by atomic mass is 19.1. The van der Waals surface area contributed by atoms with Crippen LogP contribution in [-0.2, 0) is 6.54 Å². The van der Waals surface area contributed by atoms with Crippen molar-refractivity contribution in [2.75, 3.05) is 19.4 Å². The van der Waals surface area contributed by atoms with Crippen molar-refractivity contribution < 1.29 is 8.78 Å². The maximum absolute atomic E-state index is 13.8. The second-order valence-electron chi connectivity index (χ2n) is 8.27. The summed E-state index contributed by atoms with van der Waals surface area (Å²) >= 11 is 0. The first kappa shape index (κ1) is 20.8. The molecule has 7 heteroatoms. The van der Waals surface area contributed by atoms with E-state index in [0.29, 0.717) is 24.2 Å². The Labute approximate surface area is 176 Å². The summed E-state index contributed by atoms with van der Waals surface area (Å²) in [4.78, 5) is 6.90. The predicted octanol–water partition coefficient (Wildman–Crippen LogP) is 3.67. The van der Waals surface area contributed by atoms with E-state index in [1.54, 1.807) is 0 Å². The number of anilines is 1. The third-order valence-corrected chi connectivity index (χ3v) is 5.84. The minimum absolute atomic E-state index is 0.159. The molecule has 1 unspecified atom stereocenters. The maximum Gasteiger partial charge on any atom is 0.176 e. The molecule has 2 aliphatic rings. The smallest absolute Gasteiger partial charge is 0.176 e. The van der Waals surface area contributed by atoms with Gasteiger partial charge in [0.1, 0.15) is 17.5 Å². The van der Waals surface area contributed by atoms with Crippen molar-refractivity contribution in [3.63, 3.8) is 0 Å². The van der Waals surface area contributed by atoms with E-state index in [4.69, 9.17) is 4.99 Å². The van der Waals surface area contributed by atoms with Crippen molar-refractivity contribution >= 4 is 11.5 Å². The van der Waals surface area contributed by atoms with Crippen LogP contribution in [0.1, 0.15) is 36.8 Å². The topological polar surface area (TPSA) is 51.7 Å². The van der Waals surface area contributed by atoms with Gasteiger partial charge in [0.05, 0.1) is 0 Å². The predicted molar refractivity (Wildman–Crippen MR) is 116 cm³/mol. The summed E-state index contributed by atoms with van der Waals surface area (Å²) in [6, 6.07) is 12.5. The van der Waals surface area contributed by atoms with E-state index < -0.39 is 5.82 Å². The van der Waals surface area contributed by atoms with Crippen LogP contribution in [0.3, 0.4) is 0 Å². The van der Waals surface area contributed by atoms with E-state index in [2.05, 4.69) is 28.1 Å². The largest absolute Gasteiger partial charge is 0.362 e. The monoisotopic (exact) mass is 413 g/mol. The molecular formula is C23H29F2N5. The van der Waals surface area contributed by atoms with Gasteiger partial charge in [-0.1, -0.05) is 12.1 Å². The summed E-state index contributed by atoms with van der Waals surface area (Å²) in [5.74, 6) is 0.201. The van der Waals surface area contributed by atoms with Crippen molar-refractivity contribution in [2.45, 2.75) is 50.6 Å². The number of hydrogen-bond donors (Lipinski definition) is 3. The standard InChI is InChI=1S/C23H29F2N5/c1-30(2)22-19-5-3-4-6-21(19)28-23(29-22)27-18-10-8-17(9-11-18)26-14-15-13-16(24)7-12-20(15)25/h3-7,12-13,17-18,23,26-28H,8-11,14H2,1-2H3. The van der Waals surface area contributed by atoms with E-state index in [0.717, 1.165) is 48.8 Å². The van der Waals surface area contributed by atoms with Crippen molar-refractivity contribution in [3.8, 4) is 0 Å². The molecule has 1 aliphatic carbocycles. The van der Waals surface area contributed by atoms with Gasteiger partial charge in [-0.15, -0.1) is 0 Å². The Hall–Kier alpha value is -2.51. The highest BCUT2D eigenvalue weighted by molar-refractivity contribution is 6.04. The molecule has 1 saturated carbocycles. The average Bonchev–Trinajstić information content (AvgIpc) is 2.74. The average molecular weight is 414 g/mol. The molecule has 5 nitrogen and oxygen atoms in total. The number of fused-ring (bicyclic) bond motifs is 1. The number of nitrogens with one attached hydrogen (secondary N) is 3. The third-order valence-electron chi connectivity index (χ3n) is 5.84. The molecule has 4 rings (SSSR count). The molecule has 1 fully saturated rings. The minimum Gasteiger partial charge on any atom is -0.362 e. The SMILES string of the molecule is CN(C)C1=NC(NC2CCC(NCc3cc(F)ccc3F)CC2)Nc2ccccc21. The zero-order chi connectivity index (χ0) is 21.1. The van der Waals surface area contributed by atoms with Crippen molar-refractivity contribution in [3.05, 3.63) is 65.2 Å². The van der Waals surface area contributed by atoms with E-state index >= 15 is 0 Å². The maximum atomic E-state index is 13.8. The van der Waals surface area contributed by atoms with Crippen molar-refractivity contribution in [2.24, 2.45) is 4.99 Å². The first-order valence-corrected chi connectivity index (χ1v) is 10.5. The van der Waals surface area contributed by atoms with Gasteiger partial charge in [0.15, 0.2) is 6.29 Å². The quantitative estimate of drug-likeness (QED) is 0.700. The van der Waals surface area contributed by atoms with Crippen LogP contribution in [-0.4, -0.2) is 43.2 Å². The summed E-state index contributed by atoms with van der Waals surface area (Å²) in [6.07, 6.45) is 3.84. The van der Waals surface area contributed by atoms with Gasteiger partial charge in [-0.3, -0.25) is 5.32 Å². The number of nitrogens with zero attached hydrogens (tertiary/aromatic N) is 2. The number of aliphatic imine (C=N–C) groups is 1. The number of halogens is 2. The molecule has 0 amide bonds. The van der Waals surface area contributed by atoms with E-state index in [9.17, 15) is 8.78 Å². The molecule has 3 N–H and O–H groups in total. The molecule has 1 aliphatic heterocycles. The van der Waals surface area contributed by atoms with Crippen LogP contribution in [0.2, 0.25) is 0 Å². The first-order valence-electron chi connectivity index (χ1n) is 10.5. The highest BCUT2D eigenvalue weighted by Gasteiger charge is 2.26. The molecule has 0 bridgehead atoms. The Bertz CT molecular complexity index is 906. The summed E-state index contributed by atoms with van der Waals surface area (Å²) < 4.78 is 27.1. The lowest BCUT2D eigenvalue weighted by Gasteiger charge is -2.34. The summed E-state index contributed by atoms with van der Waals surface area (Å²) in [6.45, 7) is 0.351. The van der Waals surface area contributed by atoms with Gasteiger partial charge in [-0.2, -0.15) is 0 Å². The Morgan fingerprint density at radius 3 is 2.53 bits per heavy atom. The van der Waals surface area contributed by atoms with Crippen LogP contribution in [0.15, 0.2) is 47.5 Å². The number of para-hydroxylation sites is 1. The number of rotatable bonds is 5. The number of hydrogen-bond acceptors (Lipinski definition) is 5. The molecular weight excluding hydrogens is 384 g/mol. The lowest BCUT2D eigenvalue weighted by atomic mass is 9.91. The molecule has 2 aromatic carbocycles. The van der Waals surface area contributed by atoms with E-state index in [1.165, 1.54) is 12.1 Å². The van der Waals surface area contributed by atoms with Gasteiger partial charge < -0.3 is 15.5 Å². The molecule has 0 spiro atoms. The molecule has 160 valence electrons. The fourth-order valence-electron chi connectivity index (χ4n) is 4.23. The number of amidine groups is 1. The van der Waals surface area contributed by atoms with Crippen LogP contribution >= 0.6 is 0 Å².